The molecule has 0 aliphatic rings. The lowest BCUT2D eigenvalue weighted by Gasteiger charge is -2.33. The summed E-state index contributed by atoms with van der Waals surface area (Å²) in [6.45, 7) is 5.94. The van der Waals surface area contributed by atoms with E-state index in [-0.39, 0.29) is 17.7 Å². The van der Waals surface area contributed by atoms with Crippen LogP contribution in [0.25, 0.3) is 0 Å². The predicted molar refractivity (Wildman–Crippen MR) is 162 cm³/mol. The van der Waals surface area contributed by atoms with Crippen LogP contribution in [0.1, 0.15) is 29.8 Å². The lowest BCUT2D eigenvalue weighted by molar-refractivity contribution is -0.399. The third kappa shape index (κ3) is 8.06. The van der Waals surface area contributed by atoms with Crippen LogP contribution in [0.3, 0.4) is 0 Å². The average molecular weight is 696 g/mol. The van der Waals surface area contributed by atoms with Crippen LogP contribution in [0.15, 0.2) is 118 Å². The van der Waals surface area contributed by atoms with Crippen LogP contribution in [0.5, 0.6) is 5.75 Å². The largest absolute Gasteiger partial charge is 0.460 e. The van der Waals surface area contributed by atoms with Crippen molar-refractivity contribution in [3.8, 4) is 5.75 Å². The van der Waals surface area contributed by atoms with E-state index in [4.69, 9.17) is 4.74 Å². The second kappa shape index (κ2) is 14.5. The fourth-order valence-electron chi connectivity index (χ4n) is 4.25. The molecule has 0 atom stereocenters. The number of anilines is 1. The topological polar surface area (TPSA) is 79.0 Å². The molecule has 0 amide bonds. The van der Waals surface area contributed by atoms with Gasteiger partial charge in [-0.25, -0.2) is 4.79 Å². The van der Waals surface area contributed by atoms with Crippen molar-refractivity contribution in [2.75, 3.05) is 18.0 Å². The molecule has 4 aromatic rings. The zero-order chi connectivity index (χ0) is 36.0. The van der Waals surface area contributed by atoms with Gasteiger partial charge < -0.3 is 9.64 Å². The smallest absolute Gasteiger partial charge is 0.423 e. The molecule has 0 N–H and O–H groups in total. The molecule has 0 bridgehead atoms. The predicted octanol–water partition coefficient (Wildman–Crippen LogP) is 11.5. The fraction of sp³-hybridized carbons (Fsp3) is 0.242. The van der Waals surface area contributed by atoms with E-state index in [0.29, 0.717) is 34.9 Å². The Morgan fingerprint density at radius 3 is 1.35 bits per heavy atom. The molecule has 0 aliphatic heterocycles. The minimum absolute atomic E-state index is 0.0536. The molecule has 0 fully saturated rings. The first-order valence-corrected chi connectivity index (χ1v) is 14.4. The molecule has 4 aromatic carbocycles. The molecule has 49 heavy (non-hydrogen) atoms. The molecule has 0 aromatic heterocycles. The highest BCUT2D eigenvalue weighted by Gasteiger charge is 2.82. The van der Waals surface area contributed by atoms with Crippen LogP contribution < -0.4 is 9.64 Å². The number of azo groups is 2. The minimum Gasteiger partial charge on any atom is -0.423 e. The Hall–Kier alpha value is -5.28. The summed E-state index contributed by atoms with van der Waals surface area (Å²) in [6, 6.07) is 21.2. The van der Waals surface area contributed by atoms with E-state index in [9.17, 15) is 44.3 Å². The van der Waals surface area contributed by atoms with Gasteiger partial charge in [0, 0.05) is 24.3 Å². The summed E-state index contributed by atoms with van der Waals surface area (Å²) in [5, 5.41) is 16.6. The van der Waals surface area contributed by atoms with Crippen molar-refractivity contribution in [2.45, 2.75) is 37.8 Å². The molecule has 16 heteroatoms. The Labute approximate surface area is 273 Å². The van der Waals surface area contributed by atoms with Gasteiger partial charge in [-0.1, -0.05) is 0 Å². The van der Waals surface area contributed by atoms with Crippen molar-refractivity contribution in [1.29, 1.82) is 0 Å². The molecular weight excluding hydrogens is 669 g/mol. The van der Waals surface area contributed by atoms with Crippen LogP contribution in [0.4, 0.5) is 68.0 Å². The molecule has 4 rings (SSSR count). The number of carbonyl (C=O) groups excluding carboxylic acids is 1. The quantitative estimate of drug-likeness (QED) is 0.0640. The zero-order valence-electron chi connectivity index (χ0n) is 25.6. The third-order valence-electron chi connectivity index (χ3n) is 7.07. The second-order valence-corrected chi connectivity index (χ2v) is 10.3. The summed E-state index contributed by atoms with van der Waals surface area (Å²) in [6.07, 6.45) is -6.94. The molecular formula is C33H26F9N5O2. The lowest BCUT2D eigenvalue weighted by Crippen LogP contribution is -2.59. The van der Waals surface area contributed by atoms with Crippen molar-refractivity contribution in [3.63, 3.8) is 0 Å². The van der Waals surface area contributed by atoms with Crippen LogP contribution in [-0.2, 0) is 5.92 Å². The number of halogens is 9. The van der Waals surface area contributed by atoms with Crippen LogP contribution in [0, 0.1) is 0 Å². The number of rotatable bonds is 12. The first kappa shape index (κ1) is 36.6. The highest BCUT2D eigenvalue weighted by Crippen LogP contribution is 2.56. The monoisotopic (exact) mass is 695 g/mol. The Morgan fingerprint density at radius 1 is 0.571 bits per heavy atom. The Bertz CT molecular complexity index is 1770. The highest BCUT2D eigenvalue weighted by atomic mass is 19.4. The van der Waals surface area contributed by atoms with E-state index in [1.54, 1.807) is 24.3 Å². The summed E-state index contributed by atoms with van der Waals surface area (Å²) in [5.74, 6) is -21.3. The number of nitrogens with zero attached hydrogens (tertiary/aromatic N) is 5. The number of esters is 1. The van der Waals surface area contributed by atoms with Gasteiger partial charge in [0.2, 0.25) is 0 Å². The molecule has 0 spiro atoms. The standard InChI is InChI=1S/C33H26F9N5O2/c1-3-47(4-2)27-17-15-26(16-18-27)46-45-25-13-11-24(12-14-25)44-43-23-9-5-21(6-10-23)29(48)49-28-19-7-22(8-20-28)30(34,35)31(36,37)32(38,39)33(40,41)42/h5-20H,3-4H2,1-2H3. The molecule has 0 saturated heterocycles. The van der Waals surface area contributed by atoms with Gasteiger partial charge in [0.1, 0.15) is 5.75 Å². The number of alkyl halides is 9. The van der Waals surface area contributed by atoms with E-state index in [1.807, 2.05) is 24.3 Å². The van der Waals surface area contributed by atoms with Crippen LogP contribution >= 0.6 is 0 Å². The molecule has 7 nitrogen and oxygen atoms in total. The summed E-state index contributed by atoms with van der Waals surface area (Å²) in [4.78, 5) is 14.7. The molecule has 0 aliphatic carbocycles. The van der Waals surface area contributed by atoms with E-state index < -0.39 is 41.2 Å². The van der Waals surface area contributed by atoms with Gasteiger partial charge in [-0.05, 0) is 111 Å². The highest BCUT2D eigenvalue weighted by molar-refractivity contribution is 5.91. The first-order chi connectivity index (χ1) is 23.0. The summed E-state index contributed by atoms with van der Waals surface area (Å²) in [7, 11) is 0. The van der Waals surface area contributed by atoms with Crippen LogP contribution in [0.2, 0.25) is 0 Å². The van der Waals surface area contributed by atoms with Crippen LogP contribution in [-0.4, -0.2) is 37.1 Å². The first-order valence-electron chi connectivity index (χ1n) is 14.4. The maximum absolute atomic E-state index is 14.1. The SMILES string of the molecule is CCN(CC)c1ccc(N=Nc2ccc(N=Nc3ccc(C(=O)Oc4ccc(C(F)(F)C(F)(F)C(F)(F)C(F)(F)F)cc4)cc3)cc2)cc1. The Balaban J connectivity index is 1.34. The normalized spacial score (nSPS) is 12.9. The van der Waals surface area contributed by atoms with Gasteiger partial charge in [0.15, 0.2) is 0 Å². The zero-order valence-corrected chi connectivity index (χ0v) is 25.6. The summed E-state index contributed by atoms with van der Waals surface area (Å²) < 4.78 is 124. The number of carbonyl (C=O) groups is 1. The Kier molecular flexibility index (Phi) is 10.8. The number of hydrogen-bond acceptors (Lipinski definition) is 7. The van der Waals surface area contributed by atoms with Crippen molar-refractivity contribution >= 4 is 34.4 Å². The van der Waals surface area contributed by atoms with Gasteiger partial charge >= 0.3 is 29.9 Å². The van der Waals surface area contributed by atoms with Crippen molar-refractivity contribution in [3.05, 3.63) is 108 Å². The second-order valence-electron chi connectivity index (χ2n) is 10.3. The van der Waals surface area contributed by atoms with Gasteiger partial charge in [0.25, 0.3) is 0 Å². The molecule has 0 heterocycles. The molecule has 0 unspecified atom stereocenters. The van der Waals surface area contributed by atoms with E-state index in [0.717, 1.165) is 18.8 Å². The van der Waals surface area contributed by atoms with Crippen molar-refractivity contribution in [2.24, 2.45) is 20.5 Å². The van der Waals surface area contributed by atoms with Gasteiger partial charge in [0.05, 0.1) is 28.3 Å². The maximum atomic E-state index is 14.1. The van der Waals surface area contributed by atoms with Gasteiger partial charge in [-0.3, -0.25) is 0 Å². The van der Waals surface area contributed by atoms with Gasteiger partial charge in [-0.15, -0.1) is 0 Å². The van der Waals surface area contributed by atoms with Crippen molar-refractivity contribution < 1.29 is 49.0 Å². The van der Waals surface area contributed by atoms with E-state index in [2.05, 4.69) is 39.2 Å². The number of benzene rings is 4. The molecule has 258 valence electrons. The Morgan fingerprint density at radius 2 is 0.959 bits per heavy atom. The number of ether oxygens (including phenoxy) is 1. The van der Waals surface area contributed by atoms with E-state index >= 15 is 0 Å². The average Bonchev–Trinajstić information content (AvgIpc) is 3.07. The van der Waals surface area contributed by atoms with E-state index in [1.165, 1.54) is 24.3 Å². The minimum atomic E-state index is -7.03. The fourth-order valence-corrected chi connectivity index (χ4v) is 4.25. The molecule has 0 radical (unpaired) electrons. The third-order valence-corrected chi connectivity index (χ3v) is 7.07. The summed E-state index contributed by atoms with van der Waals surface area (Å²) in [5.41, 5.74) is 1.27. The van der Waals surface area contributed by atoms with Gasteiger partial charge in [-0.2, -0.15) is 60.0 Å². The van der Waals surface area contributed by atoms with Crippen molar-refractivity contribution in [1.82, 2.24) is 0 Å². The molecule has 0 saturated carbocycles. The summed E-state index contributed by atoms with van der Waals surface area (Å²) >= 11 is 0. The number of hydrogen-bond donors (Lipinski definition) is 0. The lowest BCUT2D eigenvalue weighted by atomic mass is 9.97. The maximum Gasteiger partial charge on any atom is 0.460 e.